The molecule has 0 bridgehead atoms. The molecule has 0 aromatic heterocycles. The molecule has 1 atom stereocenters. The third-order valence-corrected chi connectivity index (χ3v) is 4.26. The molecule has 2 aromatic rings. The van der Waals surface area contributed by atoms with Crippen LogP contribution in [0.25, 0.3) is 0 Å². The van der Waals surface area contributed by atoms with Crippen LogP contribution in [-0.2, 0) is 9.59 Å². The molecule has 0 aliphatic carbocycles. The quantitative estimate of drug-likeness (QED) is 0.935. The molecule has 0 spiro atoms. The van der Waals surface area contributed by atoms with Crippen molar-refractivity contribution in [2.75, 3.05) is 4.90 Å². The number of aliphatic hydroxyl groups is 1. The fourth-order valence-electron chi connectivity index (χ4n) is 3.09. The molecule has 0 radical (unpaired) electrons. The number of carbonyl (C=O) groups excluding carboxylic acids is 2. The maximum atomic E-state index is 12.6. The van der Waals surface area contributed by atoms with Gasteiger partial charge in [0, 0.05) is 5.69 Å². The molecule has 1 N–H and O–H groups in total. The Morgan fingerprint density at radius 2 is 1.71 bits per heavy atom. The monoisotopic (exact) mass is 321 g/mol. The Bertz CT molecular complexity index is 849. The number of ketones is 1. The fourth-order valence-corrected chi connectivity index (χ4v) is 3.09. The Kier molecular flexibility index (Phi) is 3.97. The molecule has 1 aliphatic heterocycles. The third-order valence-electron chi connectivity index (χ3n) is 4.26. The van der Waals surface area contributed by atoms with E-state index in [4.69, 9.17) is 0 Å². The fraction of sp³-hybridized carbons (Fsp3) is 0.200. The Balaban J connectivity index is 2.18. The number of hydrogen-bond acceptors (Lipinski definition) is 3. The van der Waals surface area contributed by atoms with Crippen LogP contribution >= 0.6 is 0 Å². The van der Waals surface area contributed by atoms with E-state index in [1.165, 1.54) is 11.8 Å². The number of aliphatic hydroxyl groups excluding tert-OH is 1. The largest absolute Gasteiger partial charge is 0.503 e. The first-order chi connectivity index (χ1) is 11.4. The van der Waals surface area contributed by atoms with Crippen molar-refractivity contribution in [3.8, 4) is 0 Å². The predicted molar refractivity (Wildman–Crippen MR) is 92.9 cm³/mol. The molecule has 24 heavy (non-hydrogen) atoms. The number of rotatable bonds is 3. The van der Waals surface area contributed by atoms with Crippen molar-refractivity contribution >= 4 is 17.4 Å². The molecular weight excluding hydrogens is 302 g/mol. The Labute approximate surface area is 141 Å². The van der Waals surface area contributed by atoms with Gasteiger partial charge in [-0.2, -0.15) is 0 Å². The molecule has 122 valence electrons. The minimum absolute atomic E-state index is 0.145. The number of benzene rings is 2. The van der Waals surface area contributed by atoms with Gasteiger partial charge in [-0.3, -0.25) is 14.5 Å². The van der Waals surface area contributed by atoms with Crippen LogP contribution in [0.2, 0.25) is 0 Å². The summed E-state index contributed by atoms with van der Waals surface area (Å²) in [4.78, 5) is 26.2. The van der Waals surface area contributed by atoms with Gasteiger partial charge in [0.15, 0.2) is 11.5 Å². The van der Waals surface area contributed by atoms with Crippen LogP contribution in [0.1, 0.15) is 29.7 Å². The number of amides is 1. The summed E-state index contributed by atoms with van der Waals surface area (Å²) >= 11 is 0. The van der Waals surface area contributed by atoms with Crippen LogP contribution in [0.15, 0.2) is 59.9 Å². The maximum absolute atomic E-state index is 12.6. The van der Waals surface area contributed by atoms with Crippen molar-refractivity contribution < 1.29 is 14.7 Å². The molecule has 4 nitrogen and oxygen atoms in total. The summed E-state index contributed by atoms with van der Waals surface area (Å²) in [5, 5.41) is 10.3. The second-order valence-corrected chi connectivity index (χ2v) is 6.15. The maximum Gasteiger partial charge on any atom is 0.294 e. The number of anilines is 1. The zero-order chi connectivity index (χ0) is 17.4. The molecule has 1 heterocycles. The highest BCUT2D eigenvalue weighted by Gasteiger charge is 2.43. The van der Waals surface area contributed by atoms with E-state index >= 15 is 0 Å². The molecule has 2 aromatic carbocycles. The molecule has 0 saturated carbocycles. The van der Waals surface area contributed by atoms with Gasteiger partial charge in [-0.05, 0) is 38.5 Å². The molecule has 0 saturated heterocycles. The molecule has 0 fully saturated rings. The van der Waals surface area contributed by atoms with Crippen LogP contribution in [-0.4, -0.2) is 16.8 Å². The Morgan fingerprint density at radius 1 is 1.04 bits per heavy atom. The lowest BCUT2D eigenvalue weighted by molar-refractivity contribution is -0.117. The summed E-state index contributed by atoms with van der Waals surface area (Å²) in [5.41, 5.74) is 3.70. The SMILES string of the molecule is CC(=O)C1=C(O)C(=O)N(c2ccc(C)cc2)C1c1cccc(C)c1. The second kappa shape index (κ2) is 5.96. The Morgan fingerprint density at radius 3 is 2.29 bits per heavy atom. The van der Waals surface area contributed by atoms with E-state index in [1.54, 1.807) is 0 Å². The number of hydrogen-bond donors (Lipinski definition) is 1. The van der Waals surface area contributed by atoms with Gasteiger partial charge in [0.2, 0.25) is 0 Å². The minimum atomic E-state index is -0.613. The van der Waals surface area contributed by atoms with Gasteiger partial charge < -0.3 is 5.11 Å². The average molecular weight is 321 g/mol. The predicted octanol–water partition coefficient (Wildman–Crippen LogP) is 3.79. The molecule has 3 rings (SSSR count). The molecule has 1 amide bonds. The van der Waals surface area contributed by atoms with Crippen molar-refractivity contribution in [3.05, 3.63) is 76.6 Å². The highest BCUT2D eigenvalue weighted by Crippen LogP contribution is 2.40. The van der Waals surface area contributed by atoms with Crippen molar-refractivity contribution in [2.45, 2.75) is 26.8 Å². The van der Waals surface area contributed by atoms with Gasteiger partial charge >= 0.3 is 0 Å². The minimum Gasteiger partial charge on any atom is -0.503 e. The van der Waals surface area contributed by atoms with Gasteiger partial charge in [0.25, 0.3) is 5.91 Å². The molecular formula is C20H19NO3. The van der Waals surface area contributed by atoms with Crippen molar-refractivity contribution in [1.29, 1.82) is 0 Å². The smallest absolute Gasteiger partial charge is 0.294 e. The van der Waals surface area contributed by atoms with Gasteiger partial charge in [-0.15, -0.1) is 0 Å². The van der Waals surface area contributed by atoms with E-state index in [9.17, 15) is 14.7 Å². The van der Waals surface area contributed by atoms with E-state index in [-0.39, 0.29) is 11.4 Å². The number of nitrogens with zero attached hydrogens (tertiary/aromatic N) is 1. The van der Waals surface area contributed by atoms with Crippen LogP contribution in [0, 0.1) is 13.8 Å². The van der Waals surface area contributed by atoms with Crippen LogP contribution in [0.4, 0.5) is 5.69 Å². The van der Waals surface area contributed by atoms with Gasteiger partial charge in [-0.1, -0.05) is 47.5 Å². The zero-order valence-corrected chi connectivity index (χ0v) is 13.9. The summed E-state index contributed by atoms with van der Waals surface area (Å²) in [6.07, 6.45) is 0. The van der Waals surface area contributed by atoms with E-state index < -0.39 is 17.7 Å². The first-order valence-corrected chi connectivity index (χ1v) is 7.81. The summed E-state index contributed by atoms with van der Waals surface area (Å²) in [5.74, 6) is -1.31. The first kappa shape index (κ1) is 16.0. The van der Waals surface area contributed by atoms with Crippen molar-refractivity contribution in [3.63, 3.8) is 0 Å². The normalized spacial score (nSPS) is 17.5. The number of Topliss-reactive ketones (excluding diaryl/α,β-unsaturated/α-hetero) is 1. The van der Waals surface area contributed by atoms with Crippen LogP contribution < -0.4 is 4.90 Å². The lowest BCUT2D eigenvalue weighted by atomic mass is 9.95. The highest BCUT2D eigenvalue weighted by atomic mass is 16.3. The molecule has 1 aliphatic rings. The third kappa shape index (κ3) is 2.60. The van der Waals surface area contributed by atoms with Crippen molar-refractivity contribution in [2.24, 2.45) is 0 Å². The molecule has 4 heteroatoms. The van der Waals surface area contributed by atoms with Crippen LogP contribution in [0.5, 0.6) is 0 Å². The summed E-state index contributed by atoms with van der Waals surface area (Å²) < 4.78 is 0. The lowest BCUT2D eigenvalue weighted by Gasteiger charge is -2.27. The van der Waals surface area contributed by atoms with Gasteiger partial charge in [0.05, 0.1) is 11.6 Å². The van der Waals surface area contributed by atoms with Crippen LogP contribution in [0.3, 0.4) is 0 Å². The summed E-state index contributed by atoms with van der Waals surface area (Å²) in [6.45, 7) is 5.29. The zero-order valence-electron chi connectivity index (χ0n) is 13.9. The average Bonchev–Trinajstić information content (AvgIpc) is 2.80. The summed E-state index contributed by atoms with van der Waals surface area (Å²) in [6, 6.07) is 14.5. The topological polar surface area (TPSA) is 57.6 Å². The number of aryl methyl sites for hydroxylation is 2. The van der Waals surface area contributed by atoms with E-state index in [0.29, 0.717) is 5.69 Å². The number of carbonyl (C=O) groups is 2. The van der Waals surface area contributed by atoms with Crippen molar-refractivity contribution in [1.82, 2.24) is 0 Å². The van der Waals surface area contributed by atoms with E-state index in [1.807, 2.05) is 62.4 Å². The summed E-state index contributed by atoms with van der Waals surface area (Å²) in [7, 11) is 0. The van der Waals surface area contributed by atoms with E-state index in [0.717, 1.165) is 16.7 Å². The van der Waals surface area contributed by atoms with E-state index in [2.05, 4.69) is 0 Å². The second-order valence-electron chi connectivity index (χ2n) is 6.15. The highest BCUT2D eigenvalue weighted by molar-refractivity contribution is 6.16. The Hall–Kier alpha value is -2.88. The first-order valence-electron chi connectivity index (χ1n) is 7.81. The molecule has 1 unspecified atom stereocenters. The lowest BCUT2D eigenvalue weighted by Crippen LogP contribution is -2.30. The van der Waals surface area contributed by atoms with Gasteiger partial charge in [0.1, 0.15) is 0 Å². The standard InChI is InChI=1S/C20H19NO3/c1-12-7-9-16(10-8-12)21-18(15-6-4-5-13(2)11-15)17(14(3)22)19(23)20(21)24/h4-11,18,23H,1-3H3. The van der Waals surface area contributed by atoms with Gasteiger partial charge in [-0.25, -0.2) is 0 Å².